The number of carbonyl (C=O) groups is 1. The quantitative estimate of drug-likeness (QED) is 0.673. The lowest BCUT2D eigenvalue weighted by Crippen LogP contribution is -2.43. The van der Waals surface area contributed by atoms with Crippen LogP contribution in [-0.4, -0.2) is 54.8 Å². The molecule has 0 aromatic heterocycles. The summed E-state index contributed by atoms with van der Waals surface area (Å²) in [5.74, 6) is 0.575. The van der Waals surface area contributed by atoms with Gasteiger partial charge >= 0.3 is 0 Å². The van der Waals surface area contributed by atoms with E-state index in [1.165, 1.54) is 0 Å². The molecule has 3 nitrogen and oxygen atoms in total. The van der Waals surface area contributed by atoms with Crippen LogP contribution < -0.4 is 0 Å². The van der Waals surface area contributed by atoms with Crippen molar-refractivity contribution in [1.29, 1.82) is 0 Å². The van der Waals surface area contributed by atoms with E-state index >= 15 is 0 Å². The Kier molecular flexibility index (Phi) is 4.41. The van der Waals surface area contributed by atoms with Gasteiger partial charge < -0.3 is 9.80 Å². The van der Waals surface area contributed by atoms with Gasteiger partial charge in [0.05, 0.1) is 5.41 Å². The molecule has 0 spiro atoms. The van der Waals surface area contributed by atoms with Gasteiger partial charge in [-0.2, -0.15) is 0 Å². The summed E-state index contributed by atoms with van der Waals surface area (Å²) < 4.78 is 0. The first kappa shape index (κ1) is 12.8. The Bertz CT molecular complexity index is 231. The van der Waals surface area contributed by atoms with E-state index in [-0.39, 0.29) is 5.91 Å². The number of nitrogens with zero attached hydrogens (tertiary/aromatic N) is 2. The highest BCUT2D eigenvalue weighted by Crippen LogP contribution is 2.21. The zero-order valence-electron chi connectivity index (χ0n) is 9.92. The van der Waals surface area contributed by atoms with Crippen LogP contribution >= 0.6 is 11.6 Å². The van der Waals surface area contributed by atoms with Crippen molar-refractivity contribution in [3.05, 3.63) is 0 Å². The minimum atomic E-state index is -0.426. The first-order valence-electron chi connectivity index (χ1n) is 5.51. The maximum absolute atomic E-state index is 12.1. The van der Waals surface area contributed by atoms with Crippen LogP contribution in [0, 0.1) is 5.41 Å². The highest BCUT2D eigenvalue weighted by atomic mass is 35.5. The minimum Gasteiger partial charge on any atom is -0.341 e. The third-order valence-electron chi connectivity index (χ3n) is 2.92. The van der Waals surface area contributed by atoms with E-state index in [0.29, 0.717) is 5.88 Å². The van der Waals surface area contributed by atoms with Crippen LogP contribution in [0.1, 0.15) is 20.3 Å². The number of likely N-dealkylation sites (N-methyl/N-ethyl adjacent to an activating group) is 1. The highest BCUT2D eigenvalue weighted by Gasteiger charge is 2.31. The van der Waals surface area contributed by atoms with Crippen LogP contribution in [0.2, 0.25) is 0 Å². The number of hydrogen-bond acceptors (Lipinski definition) is 2. The summed E-state index contributed by atoms with van der Waals surface area (Å²) in [5.41, 5.74) is -0.426. The summed E-state index contributed by atoms with van der Waals surface area (Å²) in [6.07, 6.45) is 1.06. The minimum absolute atomic E-state index is 0.188. The van der Waals surface area contributed by atoms with E-state index in [0.717, 1.165) is 32.6 Å². The molecular formula is C11H21ClN2O. The fourth-order valence-corrected chi connectivity index (χ4v) is 1.85. The molecule has 4 heteroatoms. The molecule has 0 aliphatic carbocycles. The Morgan fingerprint density at radius 3 is 2.53 bits per heavy atom. The van der Waals surface area contributed by atoms with Crippen LogP contribution in [0.25, 0.3) is 0 Å². The molecule has 0 unspecified atom stereocenters. The monoisotopic (exact) mass is 232 g/mol. The van der Waals surface area contributed by atoms with Gasteiger partial charge in [0.1, 0.15) is 0 Å². The maximum atomic E-state index is 12.1. The topological polar surface area (TPSA) is 23.6 Å². The standard InChI is InChI=1S/C11H21ClN2O/c1-11(2,9-12)10(15)14-6-4-5-13(3)7-8-14/h4-9H2,1-3H3. The largest absolute Gasteiger partial charge is 0.341 e. The van der Waals surface area contributed by atoms with Gasteiger partial charge in [0.2, 0.25) is 5.91 Å². The fraction of sp³-hybridized carbons (Fsp3) is 0.909. The molecule has 1 rings (SSSR count). The normalized spacial score (nSPS) is 20.1. The summed E-state index contributed by atoms with van der Waals surface area (Å²) in [7, 11) is 2.10. The lowest BCUT2D eigenvalue weighted by Gasteiger charge is -2.29. The third-order valence-corrected chi connectivity index (χ3v) is 3.59. The van der Waals surface area contributed by atoms with Gasteiger partial charge in [0.25, 0.3) is 0 Å². The molecule has 0 N–H and O–H groups in total. The lowest BCUT2D eigenvalue weighted by molar-refractivity contribution is -0.139. The van der Waals surface area contributed by atoms with E-state index in [2.05, 4.69) is 11.9 Å². The Morgan fingerprint density at radius 1 is 1.27 bits per heavy atom. The number of hydrogen-bond donors (Lipinski definition) is 0. The summed E-state index contributed by atoms with van der Waals surface area (Å²) in [6, 6.07) is 0. The van der Waals surface area contributed by atoms with Gasteiger partial charge in [0.15, 0.2) is 0 Å². The Morgan fingerprint density at radius 2 is 1.93 bits per heavy atom. The van der Waals surface area contributed by atoms with Crippen LogP contribution in [-0.2, 0) is 4.79 Å². The van der Waals surface area contributed by atoms with Crippen molar-refractivity contribution in [2.45, 2.75) is 20.3 Å². The molecule has 0 aromatic rings. The van der Waals surface area contributed by atoms with E-state index in [9.17, 15) is 4.79 Å². The van der Waals surface area contributed by atoms with Crippen molar-refractivity contribution in [3.63, 3.8) is 0 Å². The van der Waals surface area contributed by atoms with Gasteiger partial charge in [0, 0.05) is 25.5 Å². The number of rotatable bonds is 2. The first-order chi connectivity index (χ1) is 6.97. The molecule has 0 saturated carbocycles. The van der Waals surface area contributed by atoms with E-state index in [1.807, 2.05) is 18.7 Å². The van der Waals surface area contributed by atoms with Gasteiger partial charge in [-0.1, -0.05) is 0 Å². The Hall–Kier alpha value is -0.280. The molecule has 0 aromatic carbocycles. The number of alkyl halides is 1. The number of amides is 1. The molecule has 1 aliphatic heterocycles. The molecule has 0 bridgehead atoms. The molecule has 1 amide bonds. The van der Waals surface area contributed by atoms with Gasteiger partial charge in [-0.25, -0.2) is 0 Å². The summed E-state index contributed by atoms with van der Waals surface area (Å²) in [6.45, 7) is 7.56. The average Bonchev–Trinajstić information content (AvgIpc) is 2.42. The highest BCUT2D eigenvalue weighted by molar-refractivity contribution is 6.19. The van der Waals surface area contributed by atoms with Crippen molar-refractivity contribution in [1.82, 2.24) is 9.80 Å². The van der Waals surface area contributed by atoms with Crippen LogP contribution in [0.4, 0.5) is 0 Å². The van der Waals surface area contributed by atoms with Gasteiger partial charge in [-0.3, -0.25) is 4.79 Å². The summed E-state index contributed by atoms with van der Waals surface area (Å²) in [4.78, 5) is 16.3. The van der Waals surface area contributed by atoms with Crippen molar-refractivity contribution in [2.75, 3.05) is 39.1 Å². The second kappa shape index (κ2) is 5.17. The fourth-order valence-electron chi connectivity index (χ4n) is 1.73. The molecule has 1 aliphatic rings. The SMILES string of the molecule is CN1CCCN(C(=O)C(C)(C)CCl)CC1. The molecule has 88 valence electrons. The predicted octanol–water partition coefficient (Wildman–Crippen LogP) is 1.42. The second-order valence-electron chi connectivity index (χ2n) is 4.97. The second-order valence-corrected chi connectivity index (χ2v) is 5.23. The molecule has 1 saturated heterocycles. The van der Waals surface area contributed by atoms with Gasteiger partial charge in [-0.05, 0) is 33.9 Å². The molecule has 1 heterocycles. The molecule has 15 heavy (non-hydrogen) atoms. The van der Waals surface area contributed by atoms with Crippen molar-refractivity contribution >= 4 is 17.5 Å². The predicted molar refractivity (Wildman–Crippen MR) is 63.2 cm³/mol. The zero-order chi connectivity index (χ0) is 11.5. The van der Waals surface area contributed by atoms with E-state index < -0.39 is 5.41 Å². The average molecular weight is 233 g/mol. The Balaban J connectivity index is 2.59. The number of halogens is 1. The van der Waals surface area contributed by atoms with E-state index in [4.69, 9.17) is 11.6 Å². The molecule has 1 fully saturated rings. The van der Waals surface area contributed by atoms with Crippen molar-refractivity contribution in [2.24, 2.45) is 5.41 Å². The van der Waals surface area contributed by atoms with Crippen molar-refractivity contribution in [3.8, 4) is 0 Å². The van der Waals surface area contributed by atoms with E-state index in [1.54, 1.807) is 0 Å². The summed E-state index contributed by atoms with van der Waals surface area (Å²) in [5, 5.41) is 0. The van der Waals surface area contributed by atoms with Gasteiger partial charge in [-0.15, -0.1) is 11.6 Å². The van der Waals surface area contributed by atoms with Crippen LogP contribution in [0.15, 0.2) is 0 Å². The molecule has 0 atom stereocenters. The summed E-state index contributed by atoms with van der Waals surface area (Å²) >= 11 is 5.82. The third kappa shape index (κ3) is 3.35. The Labute approximate surface area is 97.4 Å². The number of carbonyl (C=O) groups excluding carboxylic acids is 1. The maximum Gasteiger partial charge on any atom is 0.229 e. The van der Waals surface area contributed by atoms with Crippen LogP contribution in [0.3, 0.4) is 0 Å². The molecular weight excluding hydrogens is 212 g/mol. The lowest BCUT2D eigenvalue weighted by atomic mass is 9.94. The first-order valence-corrected chi connectivity index (χ1v) is 6.05. The molecule has 0 radical (unpaired) electrons. The zero-order valence-corrected chi connectivity index (χ0v) is 10.7. The van der Waals surface area contributed by atoms with Crippen molar-refractivity contribution < 1.29 is 4.79 Å². The smallest absolute Gasteiger partial charge is 0.229 e. The van der Waals surface area contributed by atoms with Crippen LogP contribution in [0.5, 0.6) is 0 Å².